The Bertz CT molecular complexity index is 953. The van der Waals surface area contributed by atoms with Gasteiger partial charge >= 0.3 is 6.03 Å². The first-order valence-corrected chi connectivity index (χ1v) is 8.83. The number of amides is 4. The maximum absolute atomic E-state index is 12.8. The highest BCUT2D eigenvalue weighted by Crippen LogP contribution is 2.27. The van der Waals surface area contributed by atoms with Gasteiger partial charge in [0.2, 0.25) is 0 Å². The van der Waals surface area contributed by atoms with Gasteiger partial charge in [-0.3, -0.25) is 14.9 Å². The number of ether oxygens (including phenoxy) is 1. The summed E-state index contributed by atoms with van der Waals surface area (Å²) in [5, 5.41) is 12.1. The molecule has 1 aliphatic rings. The number of nitrogens with one attached hydrogen (secondary N) is 1. The Morgan fingerprint density at radius 3 is 2.52 bits per heavy atom. The number of hydrogen-bond acceptors (Lipinski definition) is 5. The summed E-state index contributed by atoms with van der Waals surface area (Å²) >= 11 is 3.27. The third-order valence-corrected chi connectivity index (χ3v) is 4.29. The Kier molecular flexibility index (Phi) is 5.27. The summed E-state index contributed by atoms with van der Waals surface area (Å²) in [5.74, 6) is -1.12. The molecule has 2 aromatic rings. The van der Waals surface area contributed by atoms with Crippen LogP contribution in [-0.2, 0) is 9.59 Å². The van der Waals surface area contributed by atoms with Crippen LogP contribution in [0.25, 0.3) is 6.08 Å². The van der Waals surface area contributed by atoms with E-state index < -0.39 is 17.8 Å². The van der Waals surface area contributed by atoms with Gasteiger partial charge in [-0.2, -0.15) is 0 Å². The molecule has 7 nitrogen and oxygen atoms in total. The van der Waals surface area contributed by atoms with Gasteiger partial charge in [0.05, 0.1) is 12.3 Å². The van der Waals surface area contributed by atoms with Gasteiger partial charge in [0.1, 0.15) is 17.1 Å². The molecule has 4 amide bonds. The van der Waals surface area contributed by atoms with Crippen molar-refractivity contribution >= 4 is 45.5 Å². The SMILES string of the molecule is CCOc1ccc(N2C(=O)NC(=O)/C(=C\c3cc(Br)ccc3O)C2=O)cc1. The van der Waals surface area contributed by atoms with E-state index in [2.05, 4.69) is 21.2 Å². The second kappa shape index (κ2) is 7.63. The van der Waals surface area contributed by atoms with Gasteiger partial charge in [-0.05, 0) is 55.5 Å². The van der Waals surface area contributed by atoms with Crippen molar-refractivity contribution in [2.45, 2.75) is 6.92 Å². The van der Waals surface area contributed by atoms with Crippen LogP contribution in [0.3, 0.4) is 0 Å². The van der Waals surface area contributed by atoms with Gasteiger partial charge in [0.15, 0.2) is 0 Å². The topological polar surface area (TPSA) is 95.9 Å². The standard InChI is InChI=1S/C19H15BrN2O5/c1-2-27-14-6-4-13(5-7-14)22-18(25)15(17(24)21-19(22)26)10-11-9-12(20)3-8-16(11)23/h3-10,23H,2H2,1H3,(H,21,24,26)/b15-10+. The fourth-order valence-electron chi connectivity index (χ4n) is 2.55. The van der Waals surface area contributed by atoms with Gasteiger partial charge in [0, 0.05) is 10.0 Å². The van der Waals surface area contributed by atoms with E-state index in [1.807, 2.05) is 6.92 Å². The predicted molar refractivity (Wildman–Crippen MR) is 102 cm³/mol. The summed E-state index contributed by atoms with van der Waals surface area (Å²) in [7, 11) is 0. The van der Waals surface area contributed by atoms with Gasteiger partial charge in [-0.15, -0.1) is 0 Å². The van der Waals surface area contributed by atoms with Crippen molar-refractivity contribution in [1.29, 1.82) is 0 Å². The highest BCUT2D eigenvalue weighted by molar-refractivity contribution is 9.10. The monoisotopic (exact) mass is 430 g/mol. The van der Waals surface area contributed by atoms with Crippen LogP contribution in [0.2, 0.25) is 0 Å². The van der Waals surface area contributed by atoms with Crippen molar-refractivity contribution in [2.24, 2.45) is 0 Å². The quantitative estimate of drug-likeness (QED) is 0.573. The minimum Gasteiger partial charge on any atom is -0.507 e. The largest absolute Gasteiger partial charge is 0.507 e. The average molecular weight is 431 g/mol. The van der Waals surface area contributed by atoms with Crippen LogP contribution in [-0.4, -0.2) is 29.6 Å². The fourth-order valence-corrected chi connectivity index (χ4v) is 2.93. The molecule has 0 atom stereocenters. The highest BCUT2D eigenvalue weighted by Gasteiger charge is 2.36. The number of anilines is 1. The molecule has 1 fully saturated rings. The molecule has 0 spiro atoms. The van der Waals surface area contributed by atoms with Crippen LogP contribution in [0.1, 0.15) is 12.5 Å². The van der Waals surface area contributed by atoms with E-state index in [0.717, 1.165) is 4.90 Å². The molecule has 0 radical (unpaired) electrons. The van der Waals surface area contributed by atoms with Crippen molar-refractivity contribution in [3.05, 3.63) is 58.1 Å². The molecule has 3 rings (SSSR count). The molecule has 2 aromatic carbocycles. The molecule has 0 saturated carbocycles. The van der Waals surface area contributed by atoms with Gasteiger partial charge in [-0.25, -0.2) is 9.69 Å². The summed E-state index contributed by atoms with van der Waals surface area (Å²) in [4.78, 5) is 38.0. The number of imide groups is 2. The van der Waals surface area contributed by atoms with Crippen LogP contribution in [0, 0.1) is 0 Å². The minimum atomic E-state index is -0.843. The first-order valence-electron chi connectivity index (χ1n) is 8.03. The van der Waals surface area contributed by atoms with E-state index in [1.165, 1.54) is 12.1 Å². The molecule has 0 aliphatic carbocycles. The number of rotatable bonds is 4. The first-order chi connectivity index (χ1) is 12.9. The van der Waals surface area contributed by atoms with Crippen LogP contribution in [0.4, 0.5) is 10.5 Å². The Morgan fingerprint density at radius 1 is 1.15 bits per heavy atom. The third kappa shape index (κ3) is 3.85. The number of aromatic hydroxyl groups is 1. The number of phenols is 1. The zero-order valence-corrected chi connectivity index (χ0v) is 15.8. The number of nitrogens with zero attached hydrogens (tertiary/aromatic N) is 1. The second-order valence-electron chi connectivity index (χ2n) is 5.59. The van der Waals surface area contributed by atoms with Crippen molar-refractivity contribution in [3.63, 3.8) is 0 Å². The maximum Gasteiger partial charge on any atom is 0.335 e. The lowest BCUT2D eigenvalue weighted by Crippen LogP contribution is -2.54. The number of carbonyl (C=O) groups excluding carboxylic acids is 3. The minimum absolute atomic E-state index is 0.101. The van der Waals surface area contributed by atoms with E-state index in [9.17, 15) is 19.5 Å². The number of carbonyl (C=O) groups is 3. The summed E-state index contributed by atoms with van der Waals surface area (Å²) in [6.45, 7) is 2.33. The molecule has 138 valence electrons. The highest BCUT2D eigenvalue weighted by atomic mass is 79.9. The fraction of sp³-hybridized carbons (Fsp3) is 0.105. The number of barbiturate groups is 1. The lowest BCUT2D eigenvalue weighted by molar-refractivity contribution is -0.122. The average Bonchev–Trinajstić information content (AvgIpc) is 2.63. The first kappa shape index (κ1) is 18.7. The zero-order chi connectivity index (χ0) is 19.6. The predicted octanol–water partition coefficient (Wildman–Crippen LogP) is 3.22. The van der Waals surface area contributed by atoms with E-state index in [1.54, 1.807) is 36.4 Å². The summed E-state index contributed by atoms with van der Waals surface area (Å²) in [6.07, 6.45) is 1.24. The Hall–Kier alpha value is -3.13. The summed E-state index contributed by atoms with van der Waals surface area (Å²) in [6, 6.07) is 10.1. The van der Waals surface area contributed by atoms with Gasteiger partial charge in [-0.1, -0.05) is 15.9 Å². The number of hydrogen-bond donors (Lipinski definition) is 2. The molecule has 2 N–H and O–H groups in total. The van der Waals surface area contributed by atoms with Gasteiger partial charge < -0.3 is 9.84 Å². The smallest absolute Gasteiger partial charge is 0.335 e. The summed E-state index contributed by atoms with van der Waals surface area (Å²) < 4.78 is 6.00. The van der Waals surface area contributed by atoms with E-state index in [4.69, 9.17) is 4.74 Å². The third-order valence-electron chi connectivity index (χ3n) is 3.80. The van der Waals surface area contributed by atoms with Crippen LogP contribution >= 0.6 is 15.9 Å². The molecule has 8 heteroatoms. The Balaban J connectivity index is 1.98. The van der Waals surface area contributed by atoms with E-state index in [0.29, 0.717) is 16.8 Å². The molecule has 27 heavy (non-hydrogen) atoms. The van der Waals surface area contributed by atoms with Crippen molar-refractivity contribution in [2.75, 3.05) is 11.5 Å². The molecular formula is C19H15BrN2O5. The Labute approximate surface area is 163 Å². The van der Waals surface area contributed by atoms with Crippen LogP contribution in [0.5, 0.6) is 11.5 Å². The molecule has 1 aliphatic heterocycles. The Morgan fingerprint density at radius 2 is 1.85 bits per heavy atom. The van der Waals surface area contributed by atoms with Crippen molar-refractivity contribution in [3.8, 4) is 11.5 Å². The number of urea groups is 1. The molecular weight excluding hydrogens is 416 g/mol. The maximum atomic E-state index is 12.8. The van der Waals surface area contributed by atoms with Crippen LogP contribution < -0.4 is 15.0 Å². The van der Waals surface area contributed by atoms with E-state index in [-0.39, 0.29) is 22.6 Å². The number of phenolic OH excluding ortho intramolecular Hbond substituents is 1. The molecule has 0 bridgehead atoms. The second-order valence-corrected chi connectivity index (χ2v) is 6.50. The lowest BCUT2D eigenvalue weighted by atomic mass is 10.1. The molecule has 0 aromatic heterocycles. The molecule has 1 heterocycles. The zero-order valence-electron chi connectivity index (χ0n) is 14.2. The number of benzene rings is 2. The van der Waals surface area contributed by atoms with Crippen LogP contribution in [0.15, 0.2) is 52.5 Å². The van der Waals surface area contributed by atoms with Crippen molar-refractivity contribution < 1.29 is 24.2 Å². The van der Waals surface area contributed by atoms with E-state index >= 15 is 0 Å². The van der Waals surface area contributed by atoms with Crippen molar-refractivity contribution in [1.82, 2.24) is 5.32 Å². The number of halogens is 1. The molecule has 0 unspecified atom stereocenters. The lowest BCUT2D eigenvalue weighted by Gasteiger charge is -2.26. The van der Waals surface area contributed by atoms with Gasteiger partial charge in [0.25, 0.3) is 11.8 Å². The summed E-state index contributed by atoms with van der Waals surface area (Å²) in [5.41, 5.74) is 0.290. The molecule has 1 saturated heterocycles. The normalized spacial score (nSPS) is 15.9.